The lowest BCUT2D eigenvalue weighted by Gasteiger charge is -2.16. The van der Waals surface area contributed by atoms with E-state index in [0.29, 0.717) is 16.5 Å². The van der Waals surface area contributed by atoms with Crippen LogP contribution in [0.5, 0.6) is 5.75 Å². The molecule has 24 heavy (non-hydrogen) atoms. The molecule has 0 aliphatic rings. The molecule has 0 radical (unpaired) electrons. The summed E-state index contributed by atoms with van der Waals surface area (Å²) >= 11 is 5.89. The number of carbonyl (C=O) groups excluding carboxylic acids is 2. The van der Waals surface area contributed by atoms with E-state index in [0.717, 1.165) is 0 Å². The smallest absolute Gasteiger partial charge is 0.341 e. The molecule has 6 heteroatoms. The molecular weight excluding hydrogens is 330 g/mol. The minimum atomic E-state index is -0.806. The molecule has 0 heterocycles. The van der Waals surface area contributed by atoms with Gasteiger partial charge in [0, 0.05) is 10.7 Å². The molecule has 0 aliphatic carbocycles. The minimum Gasteiger partial charge on any atom is -0.480 e. The number of halogens is 1. The average molecular weight is 348 g/mol. The van der Waals surface area contributed by atoms with Crippen LogP contribution in [0.2, 0.25) is 5.02 Å². The third-order valence-electron chi connectivity index (χ3n) is 3.15. The molecule has 0 aliphatic heterocycles. The molecule has 0 saturated carbocycles. The Bertz CT molecular complexity index is 732. The van der Waals surface area contributed by atoms with Gasteiger partial charge in [0.25, 0.3) is 5.91 Å². The van der Waals surface area contributed by atoms with E-state index in [4.69, 9.17) is 21.1 Å². The summed E-state index contributed by atoms with van der Waals surface area (Å²) in [5.41, 5.74) is 0.850. The van der Waals surface area contributed by atoms with Crippen molar-refractivity contribution in [3.8, 4) is 5.75 Å². The van der Waals surface area contributed by atoms with Gasteiger partial charge >= 0.3 is 5.97 Å². The molecule has 1 amide bonds. The zero-order chi connectivity index (χ0) is 17.5. The second-order valence-corrected chi connectivity index (χ2v) is 5.41. The number of hydrogen-bond acceptors (Lipinski definition) is 4. The van der Waals surface area contributed by atoms with Gasteiger partial charge in [-0.25, -0.2) is 4.79 Å². The summed E-state index contributed by atoms with van der Waals surface area (Å²) in [4.78, 5) is 24.2. The van der Waals surface area contributed by atoms with Crippen LogP contribution in [-0.2, 0) is 9.53 Å². The molecule has 1 atom stereocenters. The van der Waals surface area contributed by atoms with Gasteiger partial charge in [-0.2, -0.15) is 0 Å². The number of esters is 1. The van der Waals surface area contributed by atoms with Crippen molar-refractivity contribution in [1.82, 2.24) is 0 Å². The maximum absolute atomic E-state index is 12.2. The first-order valence-electron chi connectivity index (χ1n) is 7.50. The van der Waals surface area contributed by atoms with E-state index in [2.05, 4.69) is 5.32 Å². The van der Waals surface area contributed by atoms with E-state index in [9.17, 15) is 9.59 Å². The molecule has 0 aromatic heterocycles. The largest absolute Gasteiger partial charge is 0.480 e. The van der Waals surface area contributed by atoms with Crippen LogP contribution in [-0.4, -0.2) is 24.6 Å². The van der Waals surface area contributed by atoms with Gasteiger partial charge in [-0.1, -0.05) is 29.8 Å². The van der Waals surface area contributed by atoms with E-state index >= 15 is 0 Å². The first-order valence-corrected chi connectivity index (χ1v) is 7.88. The number of amides is 1. The third-order valence-corrected chi connectivity index (χ3v) is 3.38. The lowest BCUT2D eigenvalue weighted by Crippen LogP contribution is -2.30. The lowest BCUT2D eigenvalue weighted by atomic mass is 10.2. The number of para-hydroxylation sites is 1. The Hall–Kier alpha value is -2.53. The highest BCUT2D eigenvalue weighted by atomic mass is 35.5. The van der Waals surface area contributed by atoms with Crippen LogP contribution in [0, 0.1) is 0 Å². The molecule has 2 rings (SSSR count). The Morgan fingerprint density at radius 3 is 2.62 bits per heavy atom. The maximum Gasteiger partial charge on any atom is 0.341 e. The molecule has 0 spiro atoms. The van der Waals surface area contributed by atoms with E-state index in [1.54, 1.807) is 62.4 Å². The third kappa shape index (κ3) is 4.73. The van der Waals surface area contributed by atoms with E-state index in [-0.39, 0.29) is 18.1 Å². The monoisotopic (exact) mass is 347 g/mol. The van der Waals surface area contributed by atoms with Crippen molar-refractivity contribution in [2.45, 2.75) is 20.0 Å². The molecule has 5 nitrogen and oxygen atoms in total. The molecular formula is C18H18ClNO4. The van der Waals surface area contributed by atoms with Crippen LogP contribution in [0.25, 0.3) is 0 Å². The highest BCUT2D eigenvalue weighted by Crippen LogP contribution is 2.21. The van der Waals surface area contributed by atoms with Gasteiger partial charge in [-0.05, 0) is 44.2 Å². The highest BCUT2D eigenvalue weighted by molar-refractivity contribution is 6.30. The number of anilines is 1. The Kier molecular flexibility index (Phi) is 6.21. The topological polar surface area (TPSA) is 64.6 Å². The Morgan fingerprint density at radius 2 is 1.92 bits per heavy atom. The summed E-state index contributed by atoms with van der Waals surface area (Å²) in [5, 5.41) is 3.23. The summed E-state index contributed by atoms with van der Waals surface area (Å²) in [6, 6.07) is 13.5. The van der Waals surface area contributed by atoms with Crippen LogP contribution in [0.3, 0.4) is 0 Å². The van der Waals surface area contributed by atoms with E-state index in [1.807, 2.05) is 0 Å². The summed E-state index contributed by atoms with van der Waals surface area (Å²) < 4.78 is 10.6. The van der Waals surface area contributed by atoms with Gasteiger partial charge in [0.05, 0.1) is 6.61 Å². The van der Waals surface area contributed by atoms with Gasteiger partial charge in [-0.3, -0.25) is 4.79 Å². The number of ether oxygens (including phenoxy) is 2. The Labute approximate surface area is 145 Å². The predicted molar refractivity (Wildman–Crippen MR) is 92.6 cm³/mol. The molecule has 2 aromatic rings. The summed E-state index contributed by atoms with van der Waals surface area (Å²) in [6.45, 7) is 3.59. The van der Waals surface area contributed by atoms with Gasteiger partial charge in [0.15, 0.2) is 6.10 Å². The van der Waals surface area contributed by atoms with Gasteiger partial charge < -0.3 is 14.8 Å². The summed E-state index contributed by atoms with van der Waals surface area (Å²) in [6.07, 6.45) is -0.806. The predicted octanol–water partition coefficient (Wildman–Crippen LogP) is 3.92. The molecule has 2 aromatic carbocycles. The number of hydrogen-bond donors (Lipinski definition) is 1. The van der Waals surface area contributed by atoms with Crippen LogP contribution in [0.15, 0.2) is 48.5 Å². The fourth-order valence-electron chi connectivity index (χ4n) is 2.00. The first-order chi connectivity index (χ1) is 11.5. The van der Waals surface area contributed by atoms with Crippen molar-refractivity contribution < 1.29 is 19.1 Å². The van der Waals surface area contributed by atoms with Crippen molar-refractivity contribution in [3.63, 3.8) is 0 Å². The molecule has 0 unspecified atom stereocenters. The van der Waals surface area contributed by atoms with Crippen molar-refractivity contribution in [2.24, 2.45) is 0 Å². The number of carbonyl (C=O) groups is 2. The summed E-state index contributed by atoms with van der Waals surface area (Å²) in [7, 11) is 0. The average Bonchev–Trinajstić information content (AvgIpc) is 2.55. The molecule has 0 saturated heterocycles. The van der Waals surface area contributed by atoms with Gasteiger partial charge in [0.1, 0.15) is 11.3 Å². The van der Waals surface area contributed by atoms with Crippen LogP contribution >= 0.6 is 11.6 Å². The van der Waals surface area contributed by atoms with Crippen LogP contribution in [0.1, 0.15) is 24.2 Å². The molecule has 0 fully saturated rings. The molecule has 126 valence electrons. The normalized spacial score (nSPS) is 11.5. The second kappa shape index (κ2) is 8.36. The summed E-state index contributed by atoms with van der Waals surface area (Å²) in [5.74, 6) is -0.545. The van der Waals surface area contributed by atoms with Crippen molar-refractivity contribution in [3.05, 3.63) is 59.1 Å². The van der Waals surface area contributed by atoms with Crippen LogP contribution < -0.4 is 10.1 Å². The van der Waals surface area contributed by atoms with Gasteiger partial charge in [0.2, 0.25) is 0 Å². The van der Waals surface area contributed by atoms with E-state index in [1.165, 1.54) is 0 Å². The Morgan fingerprint density at radius 1 is 1.17 bits per heavy atom. The number of rotatable bonds is 6. The quantitative estimate of drug-likeness (QED) is 0.804. The first kappa shape index (κ1) is 17.8. The van der Waals surface area contributed by atoms with Crippen molar-refractivity contribution >= 4 is 29.2 Å². The zero-order valence-corrected chi connectivity index (χ0v) is 14.2. The molecule has 1 N–H and O–H groups in total. The minimum absolute atomic E-state index is 0.262. The van der Waals surface area contributed by atoms with Crippen molar-refractivity contribution in [1.29, 1.82) is 0 Å². The number of nitrogens with one attached hydrogen (secondary N) is 1. The molecule has 0 bridgehead atoms. The Balaban J connectivity index is 2.07. The maximum atomic E-state index is 12.2. The second-order valence-electron chi connectivity index (χ2n) is 4.98. The van der Waals surface area contributed by atoms with Gasteiger partial charge in [-0.15, -0.1) is 0 Å². The number of benzene rings is 2. The highest BCUT2D eigenvalue weighted by Gasteiger charge is 2.19. The standard InChI is InChI=1S/C18H18ClNO4/c1-3-23-18(22)15-9-4-5-10-16(15)24-12(2)17(21)20-14-8-6-7-13(19)11-14/h4-12H,3H2,1-2H3,(H,20,21)/t12-/m1/s1. The SMILES string of the molecule is CCOC(=O)c1ccccc1O[C@H](C)C(=O)Nc1cccc(Cl)c1. The van der Waals surface area contributed by atoms with E-state index < -0.39 is 12.1 Å². The fraction of sp³-hybridized carbons (Fsp3) is 0.222. The lowest BCUT2D eigenvalue weighted by molar-refractivity contribution is -0.122. The van der Waals surface area contributed by atoms with Crippen LogP contribution in [0.4, 0.5) is 5.69 Å². The fourth-order valence-corrected chi connectivity index (χ4v) is 2.19. The van der Waals surface area contributed by atoms with Crippen molar-refractivity contribution in [2.75, 3.05) is 11.9 Å². The zero-order valence-electron chi connectivity index (χ0n) is 13.4.